The zero-order chi connectivity index (χ0) is 21.8. The quantitative estimate of drug-likeness (QED) is 0.133. The molecule has 1 fully saturated rings. The van der Waals surface area contributed by atoms with Gasteiger partial charge in [0.1, 0.15) is 24.4 Å². The van der Waals surface area contributed by atoms with Crippen LogP contribution in [0.15, 0.2) is 30.3 Å². The van der Waals surface area contributed by atoms with E-state index in [1.165, 1.54) is 0 Å². The first-order chi connectivity index (χ1) is 13.5. The maximum absolute atomic E-state index is 11.8. The summed E-state index contributed by atoms with van der Waals surface area (Å²) in [6.45, 7) is -1.45. The van der Waals surface area contributed by atoms with Crippen molar-refractivity contribution in [3.8, 4) is 0 Å². The number of rotatable bonds is 9. The first-order valence-electron chi connectivity index (χ1n) is 8.37. The molecule has 0 aromatic heterocycles. The van der Waals surface area contributed by atoms with Gasteiger partial charge in [-0.05, 0) is 5.56 Å². The van der Waals surface area contributed by atoms with Crippen molar-refractivity contribution >= 4 is 16.4 Å². The van der Waals surface area contributed by atoms with Gasteiger partial charge in [0.05, 0.1) is 19.3 Å². The normalized spacial score (nSPS) is 28.9. The minimum absolute atomic E-state index is 0. The predicted octanol–water partition coefficient (Wildman–Crippen LogP) is -5.30. The fraction of sp³-hybridized carbons (Fsp3) is 0.562. The van der Waals surface area contributed by atoms with Crippen molar-refractivity contribution in [2.24, 2.45) is 0 Å². The SMILES string of the molecule is O=C(O)[C@@]1(OCc2ccccc2)C[C@@H](O)[C@@H](O)[C@@H](C(O)[C@H](CO)OS(=O)(=O)[O-])O1.[Na+]. The average molecular weight is 460 g/mol. The van der Waals surface area contributed by atoms with Gasteiger partial charge in [0.2, 0.25) is 10.4 Å². The molecule has 0 aliphatic carbocycles. The zero-order valence-corrected chi connectivity index (χ0v) is 18.7. The fourth-order valence-corrected chi connectivity index (χ4v) is 3.33. The number of carbonyl (C=O) groups is 1. The number of benzene rings is 1. The monoisotopic (exact) mass is 460 g/mol. The molecule has 0 bridgehead atoms. The average Bonchev–Trinajstić information content (AvgIpc) is 2.66. The number of hydrogen-bond acceptors (Lipinski definition) is 11. The Labute approximate surface area is 194 Å². The Hall–Kier alpha value is -0.680. The molecule has 12 nitrogen and oxygen atoms in total. The third-order valence-electron chi connectivity index (χ3n) is 4.31. The molecular formula is C16H21NaO12S. The number of carboxylic acids is 1. The Kier molecular flexibility index (Phi) is 10.3. The first kappa shape index (κ1) is 27.4. The van der Waals surface area contributed by atoms with Gasteiger partial charge in [0, 0.05) is 6.42 Å². The van der Waals surface area contributed by atoms with Gasteiger partial charge in [-0.1, -0.05) is 30.3 Å². The molecule has 0 radical (unpaired) electrons. The van der Waals surface area contributed by atoms with E-state index >= 15 is 0 Å². The van der Waals surface area contributed by atoms with Crippen molar-refractivity contribution in [1.82, 2.24) is 0 Å². The number of aliphatic carboxylic acids is 1. The molecule has 1 aromatic carbocycles. The third-order valence-corrected chi connectivity index (χ3v) is 4.80. The van der Waals surface area contributed by atoms with Gasteiger partial charge < -0.3 is 39.6 Å². The molecule has 1 heterocycles. The van der Waals surface area contributed by atoms with E-state index in [-0.39, 0.29) is 36.2 Å². The summed E-state index contributed by atoms with van der Waals surface area (Å²) in [4.78, 5) is 11.8. The maximum atomic E-state index is 11.8. The third kappa shape index (κ3) is 6.91. The van der Waals surface area contributed by atoms with E-state index < -0.39 is 65.7 Å². The molecule has 14 heteroatoms. The zero-order valence-electron chi connectivity index (χ0n) is 15.9. The molecule has 0 saturated carbocycles. The molecule has 6 atom stereocenters. The van der Waals surface area contributed by atoms with Crippen LogP contribution >= 0.6 is 0 Å². The van der Waals surface area contributed by atoms with Crippen LogP contribution < -0.4 is 29.6 Å². The smallest absolute Gasteiger partial charge is 0.726 e. The summed E-state index contributed by atoms with van der Waals surface area (Å²) in [6, 6.07) is 8.33. The van der Waals surface area contributed by atoms with Gasteiger partial charge in [-0.3, -0.25) is 4.18 Å². The van der Waals surface area contributed by atoms with Crippen LogP contribution in [0.4, 0.5) is 0 Å². The number of carboxylic acid groups (broad SMARTS) is 1. The van der Waals surface area contributed by atoms with Crippen molar-refractivity contribution in [2.75, 3.05) is 6.61 Å². The summed E-state index contributed by atoms with van der Waals surface area (Å²) in [6.07, 6.45) is -10.6. The largest absolute Gasteiger partial charge is 1.00 e. The van der Waals surface area contributed by atoms with Gasteiger partial charge in [-0.2, -0.15) is 0 Å². The molecular weight excluding hydrogens is 439 g/mol. The van der Waals surface area contributed by atoms with Crippen LogP contribution in [0.2, 0.25) is 0 Å². The summed E-state index contributed by atoms with van der Waals surface area (Å²) in [5, 5.41) is 49.3. The van der Waals surface area contributed by atoms with Crippen molar-refractivity contribution in [3.63, 3.8) is 0 Å². The molecule has 1 unspecified atom stereocenters. The van der Waals surface area contributed by atoms with E-state index in [2.05, 4.69) is 4.18 Å². The Morgan fingerprint density at radius 1 is 1.30 bits per heavy atom. The van der Waals surface area contributed by atoms with Crippen LogP contribution in [0.3, 0.4) is 0 Å². The van der Waals surface area contributed by atoms with Crippen molar-refractivity contribution in [3.05, 3.63) is 35.9 Å². The van der Waals surface area contributed by atoms with Gasteiger partial charge in [-0.15, -0.1) is 0 Å². The number of aliphatic hydroxyl groups is 4. The molecule has 1 aliphatic heterocycles. The molecule has 0 amide bonds. The van der Waals surface area contributed by atoms with Crippen molar-refractivity contribution < 1.29 is 86.5 Å². The van der Waals surface area contributed by atoms with Crippen molar-refractivity contribution in [2.45, 2.75) is 49.3 Å². The Balaban J connectivity index is 0.00000450. The molecule has 5 N–H and O–H groups in total. The molecule has 1 aromatic rings. The van der Waals surface area contributed by atoms with Crippen LogP contribution in [-0.4, -0.2) is 87.4 Å². The van der Waals surface area contributed by atoms with Crippen LogP contribution in [-0.2, 0) is 35.5 Å². The number of aliphatic hydroxyl groups excluding tert-OH is 4. The van der Waals surface area contributed by atoms with Crippen LogP contribution in [0.25, 0.3) is 0 Å². The minimum Gasteiger partial charge on any atom is -0.726 e. The second-order valence-electron chi connectivity index (χ2n) is 6.39. The van der Waals surface area contributed by atoms with E-state index in [1.54, 1.807) is 30.3 Å². The summed E-state index contributed by atoms with van der Waals surface area (Å²) in [5.74, 6) is -4.20. The van der Waals surface area contributed by atoms with E-state index in [1.807, 2.05) is 0 Å². The summed E-state index contributed by atoms with van der Waals surface area (Å²) in [7, 11) is -5.36. The number of ether oxygens (including phenoxy) is 2. The molecule has 1 saturated heterocycles. The van der Waals surface area contributed by atoms with E-state index in [0.29, 0.717) is 5.56 Å². The Morgan fingerprint density at radius 2 is 1.90 bits per heavy atom. The second-order valence-corrected chi connectivity index (χ2v) is 7.40. The van der Waals surface area contributed by atoms with Gasteiger partial charge in [-0.25, -0.2) is 13.2 Å². The summed E-state index contributed by atoms with van der Waals surface area (Å²) >= 11 is 0. The molecule has 1 aliphatic rings. The standard InChI is InChI=1S/C16H22O12S.Na/c17-7-11(28-29(23,24)25)13(20)14-12(19)10(18)6-16(27-14,15(21)22)26-8-9-4-2-1-3-5-9;/h1-5,10-14,17-20H,6-8H2,(H,21,22)(H,23,24,25);/q;+1/p-1/t10-,11+,12-,13?,14+,16-;/m1./s1. The van der Waals surface area contributed by atoms with Gasteiger partial charge in [0.15, 0.2) is 0 Å². The predicted molar refractivity (Wildman–Crippen MR) is 90.8 cm³/mol. The number of hydrogen-bond donors (Lipinski definition) is 5. The van der Waals surface area contributed by atoms with Crippen LogP contribution in [0.5, 0.6) is 0 Å². The van der Waals surface area contributed by atoms with Crippen LogP contribution in [0.1, 0.15) is 12.0 Å². The fourth-order valence-electron chi connectivity index (χ4n) is 2.85. The minimum atomic E-state index is -5.36. The topological polar surface area (TPSA) is 203 Å². The van der Waals surface area contributed by atoms with E-state index in [9.17, 15) is 43.3 Å². The van der Waals surface area contributed by atoms with Gasteiger partial charge >= 0.3 is 35.5 Å². The van der Waals surface area contributed by atoms with Gasteiger partial charge in [0.25, 0.3) is 5.79 Å². The Morgan fingerprint density at radius 3 is 2.40 bits per heavy atom. The maximum Gasteiger partial charge on any atom is 1.00 e. The Bertz CT molecular complexity index is 791. The van der Waals surface area contributed by atoms with E-state index in [0.717, 1.165) is 0 Å². The van der Waals surface area contributed by atoms with E-state index in [4.69, 9.17) is 9.47 Å². The molecule has 2 rings (SSSR count). The molecule has 164 valence electrons. The molecule has 30 heavy (non-hydrogen) atoms. The van der Waals surface area contributed by atoms with Crippen molar-refractivity contribution in [1.29, 1.82) is 0 Å². The second kappa shape index (κ2) is 11.3. The summed E-state index contributed by atoms with van der Waals surface area (Å²) in [5.41, 5.74) is 0.559. The van der Waals surface area contributed by atoms with Crippen LogP contribution in [0, 0.1) is 0 Å². The first-order valence-corrected chi connectivity index (χ1v) is 9.70. The summed E-state index contributed by atoms with van der Waals surface area (Å²) < 4.78 is 46.8. The molecule has 0 spiro atoms.